The van der Waals surface area contributed by atoms with Crippen LogP contribution in [-0.4, -0.2) is 36.0 Å². The van der Waals surface area contributed by atoms with E-state index in [1.54, 1.807) is 13.0 Å². The molecule has 0 amide bonds. The molecule has 43 heavy (non-hydrogen) atoms. The zero-order valence-corrected chi connectivity index (χ0v) is 29.8. The summed E-state index contributed by atoms with van der Waals surface area (Å²) >= 11 is 1.44. The van der Waals surface area contributed by atoms with Crippen LogP contribution in [0.5, 0.6) is 5.75 Å². The molecule has 0 aliphatic rings. The van der Waals surface area contributed by atoms with E-state index in [1.807, 2.05) is 41.5 Å². The monoisotopic (exact) mass is 620 g/mol. The predicted molar refractivity (Wildman–Crippen MR) is 183 cm³/mol. The van der Waals surface area contributed by atoms with Gasteiger partial charge < -0.3 is 14.6 Å². The van der Waals surface area contributed by atoms with E-state index in [1.165, 1.54) is 95.2 Å². The molecular formula is C37H64O5S. The topological polar surface area (TPSA) is 72.8 Å². The van der Waals surface area contributed by atoms with E-state index in [2.05, 4.69) is 6.92 Å². The highest BCUT2D eigenvalue weighted by molar-refractivity contribution is 7.99. The molecule has 248 valence electrons. The molecule has 0 unspecified atom stereocenters. The van der Waals surface area contributed by atoms with Gasteiger partial charge in [-0.25, -0.2) is 4.79 Å². The van der Waals surface area contributed by atoms with Crippen molar-refractivity contribution >= 4 is 23.7 Å². The first-order valence-corrected chi connectivity index (χ1v) is 18.2. The Bertz CT molecular complexity index is 942. The average Bonchev–Trinajstić information content (AvgIpc) is 2.91. The minimum absolute atomic E-state index is 0.164. The SMILES string of the molecule is CCCCCCCCCCCCCCCCCC(=O)OCCSc1c(C(=O)OCC)cc(C(C)(C)C)c(O)c1C(C)(C)C. The molecule has 0 aromatic heterocycles. The van der Waals surface area contributed by atoms with Gasteiger partial charge in [0.15, 0.2) is 0 Å². The fourth-order valence-electron chi connectivity index (χ4n) is 5.45. The summed E-state index contributed by atoms with van der Waals surface area (Å²) in [6, 6.07) is 1.77. The zero-order chi connectivity index (χ0) is 32.3. The minimum Gasteiger partial charge on any atom is -0.507 e. The number of ether oxygens (including phenoxy) is 2. The number of benzene rings is 1. The second-order valence-corrected chi connectivity index (χ2v) is 15.1. The number of unbranched alkanes of at least 4 members (excludes halogenated alkanes) is 14. The second-order valence-electron chi connectivity index (χ2n) is 14.0. The minimum atomic E-state index is -0.404. The molecule has 0 saturated carbocycles. The van der Waals surface area contributed by atoms with Crippen molar-refractivity contribution in [1.82, 2.24) is 0 Å². The Morgan fingerprint density at radius 2 is 1.21 bits per heavy atom. The molecule has 5 nitrogen and oxygen atoms in total. The van der Waals surface area contributed by atoms with Crippen LogP contribution in [0.4, 0.5) is 0 Å². The quantitative estimate of drug-likeness (QED) is 0.0790. The van der Waals surface area contributed by atoms with Crippen LogP contribution in [-0.2, 0) is 25.1 Å². The Labute approximate surface area is 268 Å². The molecule has 1 aromatic rings. The molecule has 1 rings (SSSR count). The lowest BCUT2D eigenvalue weighted by Crippen LogP contribution is -2.21. The lowest BCUT2D eigenvalue weighted by atomic mass is 9.78. The number of aromatic hydroxyl groups is 1. The fourth-order valence-corrected chi connectivity index (χ4v) is 6.66. The maximum absolute atomic E-state index is 13.0. The number of phenolic OH excluding ortho intramolecular Hbond substituents is 1. The highest BCUT2D eigenvalue weighted by Gasteiger charge is 2.32. The van der Waals surface area contributed by atoms with Gasteiger partial charge in [0.05, 0.1) is 12.2 Å². The van der Waals surface area contributed by atoms with Gasteiger partial charge in [0.2, 0.25) is 0 Å². The number of thioether (sulfide) groups is 1. The first-order valence-electron chi connectivity index (χ1n) is 17.2. The molecule has 6 heteroatoms. The smallest absolute Gasteiger partial charge is 0.339 e. The van der Waals surface area contributed by atoms with Crippen molar-refractivity contribution in [2.45, 2.75) is 174 Å². The molecule has 1 aromatic carbocycles. The van der Waals surface area contributed by atoms with Crippen molar-refractivity contribution in [3.63, 3.8) is 0 Å². The normalized spacial score (nSPS) is 12.0. The lowest BCUT2D eigenvalue weighted by Gasteiger charge is -2.30. The van der Waals surface area contributed by atoms with Gasteiger partial charge in [0, 0.05) is 28.2 Å². The van der Waals surface area contributed by atoms with Crippen molar-refractivity contribution in [3.05, 3.63) is 22.8 Å². The van der Waals surface area contributed by atoms with Gasteiger partial charge in [0.1, 0.15) is 12.4 Å². The van der Waals surface area contributed by atoms with Gasteiger partial charge in [-0.3, -0.25) is 4.79 Å². The van der Waals surface area contributed by atoms with Crippen molar-refractivity contribution in [2.75, 3.05) is 19.0 Å². The first-order chi connectivity index (χ1) is 20.3. The number of phenols is 1. The Kier molecular flexibility index (Phi) is 19.3. The third kappa shape index (κ3) is 15.7. The van der Waals surface area contributed by atoms with E-state index in [-0.39, 0.29) is 30.3 Å². The number of carbonyl (C=O) groups excluding carboxylic acids is 2. The highest BCUT2D eigenvalue weighted by Crippen LogP contribution is 2.46. The summed E-state index contributed by atoms with van der Waals surface area (Å²) in [6.45, 7) is 16.8. The number of esters is 2. The van der Waals surface area contributed by atoms with Crippen molar-refractivity contribution in [3.8, 4) is 5.75 Å². The number of rotatable bonds is 22. The van der Waals surface area contributed by atoms with E-state index in [9.17, 15) is 14.7 Å². The van der Waals surface area contributed by atoms with Crippen LogP contribution in [0.15, 0.2) is 11.0 Å². The van der Waals surface area contributed by atoms with Crippen LogP contribution in [0.25, 0.3) is 0 Å². The van der Waals surface area contributed by atoms with Gasteiger partial charge in [-0.1, -0.05) is 138 Å². The number of carbonyl (C=O) groups is 2. The summed E-state index contributed by atoms with van der Waals surface area (Å²) in [6.07, 6.45) is 19.9. The Morgan fingerprint density at radius 3 is 1.65 bits per heavy atom. The van der Waals surface area contributed by atoms with Crippen LogP contribution in [0, 0.1) is 0 Å². The van der Waals surface area contributed by atoms with E-state index >= 15 is 0 Å². The van der Waals surface area contributed by atoms with Crippen LogP contribution in [0.2, 0.25) is 0 Å². The Hall–Kier alpha value is -1.69. The van der Waals surface area contributed by atoms with E-state index in [0.717, 1.165) is 24.0 Å². The zero-order valence-electron chi connectivity index (χ0n) is 29.0. The van der Waals surface area contributed by atoms with Crippen molar-refractivity contribution in [1.29, 1.82) is 0 Å². The molecule has 0 spiro atoms. The largest absolute Gasteiger partial charge is 0.507 e. The van der Waals surface area contributed by atoms with Crippen LogP contribution < -0.4 is 0 Å². The van der Waals surface area contributed by atoms with Gasteiger partial charge in [-0.2, -0.15) is 0 Å². The summed E-state index contributed by atoms with van der Waals surface area (Å²) < 4.78 is 10.9. The molecule has 0 heterocycles. The molecule has 0 saturated heterocycles. The third-order valence-corrected chi connectivity index (χ3v) is 8.97. The highest BCUT2D eigenvalue weighted by atomic mass is 32.2. The van der Waals surface area contributed by atoms with Crippen LogP contribution in [0.1, 0.15) is 180 Å². The average molecular weight is 621 g/mol. The molecule has 0 atom stereocenters. The summed E-state index contributed by atoms with van der Waals surface area (Å²) in [5.41, 5.74) is 1.16. The molecule has 1 N–H and O–H groups in total. The van der Waals surface area contributed by atoms with E-state index in [0.29, 0.717) is 22.6 Å². The lowest BCUT2D eigenvalue weighted by molar-refractivity contribution is -0.143. The molecule has 0 aliphatic carbocycles. The summed E-state index contributed by atoms with van der Waals surface area (Å²) in [5.74, 6) is 0.156. The summed E-state index contributed by atoms with van der Waals surface area (Å²) in [4.78, 5) is 26.0. The molecular weight excluding hydrogens is 556 g/mol. The molecule has 0 aliphatic heterocycles. The Balaban J connectivity index is 2.43. The Morgan fingerprint density at radius 1 is 0.721 bits per heavy atom. The van der Waals surface area contributed by atoms with Crippen molar-refractivity contribution < 1.29 is 24.2 Å². The van der Waals surface area contributed by atoms with Gasteiger partial charge >= 0.3 is 11.9 Å². The van der Waals surface area contributed by atoms with Crippen molar-refractivity contribution in [2.24, 2.45) is 0 Å². The number of hydrogen-bond donors (Lipinski definition) is 1. The standard InChI is InChI=1S/C37H64O5S/c1-9-11-12-13-14-15-16-17-18-19-20-21-22-23-24-25-31(38)42-26-27-43-34-29(35(40)41-10-2)28-30(36(3,4)5)33(39)32(34)37(6,7)8/h28,39H,9-27H2,1-8H3. The van der Waals surface area contributed by atoms with Gasteiger partial charge in [0.25, 0.3) is 0 Å². The second kappa shape index (κ2) is 21.1. The first kappa shape index (κ1) is 39.3. The molecule has 0 fully saturated rings. The number of hydrogen-bond acceptors (Lipinski definition) is 6. The molecule has 0 radical (unpaired) electrons. The van der Waals surface area contributed by atoms with Crippen LogP contribution in [0.3, 0.4) is 0 Å². The third-order valence-electron chi connectivity index (χ3n) is 7.88. The van der Waals surface area contributed by atoms with Gasteiger partial charge in [-0.15, -0.1) is 11.8 Å². The predicted octanol–water partition coefficient (Wildman–Crippen LogP) is 11.1. The molecule has 0 bridgehead atoms. The maximum atomic E-state index is 13.0. The van der Waals surface area contributed by atoms with Gasteiger partial charge in [-0.05, 0) is 30.2 Å². The van der Waals surface area contributed by atoms with E-state index < -0.39 is 11.4 Å². The summed E-state index contributed by atoms with van der Waals surface area (Å²) in [7, 11) is 0. The fraction of sp³-hybridized carbons (Fsp3) is 0.784. The maximum Gasteiger partial charge on any atom is 0.339 e. The van der Waals surface area contributed by atoms with Crippen LogP contribution >= 0.6 is 11.8 Å². The summed E-state index contributed by atoms with van der Waals surface area (Å²) in [5, 5.41) is 11.3. The van der Waals surface area contributed by atoms with E-state index in [4.69, 9.17) is 9.47 Å².